The van der Waals surface area contributed by atoms with Gasteiger partial charge >= 0.3 is 5.97 Å². The van der Waals surface area contributed by atoms with Crippen LogP contribution in [0.3, 0.4) is 0 Å². The maximum atomic E-state index is 12.8. The molecular formula is C18H16ClNO4. The number of aliphatic carboxylic acids is 1. The number of carboxylic acid groups (broad SMARTS) is 1. The van der Waals surface area contributed by atoms with E-state index in [0.29, 0.717) is 17.1 Å². The van der Waals surface area contributed by atoms with E-state index in [1.165, 1.54) is 0 Å². The molecule has 2 saturated heterocycles. The zero-order valence-electron chi connectivity index (χ0n) is 12.7. The lowest BCUT2D eigenvalue weighted by Crippen LogP contribution is -2.40. The summed E-state index contributed by atoms with van der Waals surface area (Å²) < 4.78 is 5.66. The largest absolute Gasteiger partial charge is 0.481 e. The topological polar surface area (TPSA) is 75.6 Å². The molecule has 0 spiro atoms. The number of benzene rings is 2. The highest BCUT2D eigenvalue weighted by atomic mass is 35.5. The molecule has 2 heterocycles. The van der Waals surface area contributed by atoms with Crippen LogP contribution in [-0.2, 0) is 14.3 Å². The van der Waals surface area contributed by atoms with E-state index in [1.807, 2.05) is 24.3 Å². The van der Waals surface area contributed by atoms with Crippen LogP contribution in [0.15, 0.2) is 36.4 Å². The van der Waals surface area contributed by atoms with E-state index in [4.69, 9.17) is 16.3 Å². The molecule has 2 aromatic rings. The van der Waals surface area contributed by atoms with Gasteiger partial charge in [-0.3, -0.25) is 9.59 Å². The van der Waals surface area contributed by atoms with Crippen molar-refractivity contribution in [2.75, 3.05) is 5.32 Å². The third-order valence-electron chi connectivity index (χ3n) is 4.99. The van der Waals surface area contributed by atoms with E-state index >= 15 is 0 Å². The van der Waals surface area contributed by atoms with Gasteiger partial charge in [0.2, 0.25) is 5.91 Å². The summed E-state index contributed by atoms with van der Waals surface area (Å²) >= 11 is 6.20. The summed E-state index contributed by atoms with van der Waals surface area (Å²) in [7, 11) is 0. The van der Waals surface area contributed by atoms with Gasteiger partial charge in [0, 0.05) is 21.5 Å². The van der Waals surface area contributed by atoms with E-state index in [9.17, 15) is 14.7 Å². The molecule has 0 radical (unpaired) electrons. The van der Waals surface area contributed by atoms with Gasteiger partial charge in [-0.25, -0.2) is 0 Å². The third kappa shape index (κ3) is 2.36. The number of hydrogen-bond acceptors (Lipinski definition) is 3. The normalized spacial score (nSPS) is 28.2. The van der Waals surface area contributed by atoms with Crippen LogP contribution in [0.5, 0.6) is 0 Å². The molecule has 2 aliphatic rings. The Morgan fingerprint density at radius 3 is 2.42 bits per heavy atom. The number of fused-ring (bicyclic) bond motifs is 3. The second-order valence-corrected chi connectivity index (χ2v) is 6.72. The number of carbonyl (C=O) groups is 2. The molecule has 6 heteroatoms. The number of halogens is 1. The van der Waals surface area contributed by atoms with Crippen molar-refractivity contribution in [3.05, 3.63) is 41.4 Å². The van der Waals surface area contributed by atoms with Gasteiger partial charge in [0.25, 0.3) is 0 Å². The van der Waals surface area contributed by atoms with Crippen molar-refractivity contribution in [2.24, 2.45) is 11.8 Å². The van der Waals surface area contributed by atoms with E-state index in [2.05, 4.69) is 5.32 Å². The highest BCUT2D eigenvalue weighted by Crippen LogP contribution is 2.44. The molecule has 2 bridgehead atoms. The number of rotatable bonds is 3. The van der Waals surface area contributed by atoms with E-state index in [-0.39, 0.29) is 18.1 Å². The van der Waals surface area contributed by atoms with Crippen molar-refractivity contribution < 1.29 is 19.4 Å². The molecule has 24 heavy (non-hydrogen) atoms. The SMILES string of the molecule is O=C(O)[C@H]1[C@H](C(=O)Nc2ccc(Cl)c3ccccc23)[C@H]2CC[C@H]1O2. The van der Waals surface area contributed by atoms with Gasteiger partial charge in [-0.1, -0.05) is 35.9 Å². The van der Waals surface area contributed by atoms with Crippen molar-refractivity contribution in [1.82, 2.24) is 0 Å². The average molecular weight is 346 g/mol. The molecule has 0 aromatic heterocycles. The predicted octanol–water partition coefficient (Wildman–Crippen LogP) is 3.31. The van der Waals surface area contributed by atoms with Gasteiger partial charge in [0.15, 0.2) is 0 Å². The zero-order valence-corrected chi connectivity index (χ0v) is 13.5. The minimum atomic E-state index is -0.969. The lowest BCUT2D eigenvalue weighted by atomic mass is 9.78. The van der Waals surface area contributed by atoms with Gasteiger partial charge in [-0.15, -0.1) is 0 Å². The summed E-state index contributed by atoms with van der Waals surface area (Å²) in [5.74, 6) is -2.71. The fourth-order valence-corrected chi connectivity index (χ4v) is 4.14. The molecule has 2 aliphatic heterocycles. The van der Waals surface area contributed by atoms with Gasteiger partial charge in [-0.2, -0.15) is 0 Å². The number of amides is 1. The predicted molar refractivity (Wildman–Crippen MR) is 90.1 cm³/mol. The van der Waals surface area contributed by atoms with Crippen LogP contribution < -0.4 is 5.32 Å². The lowest BCUT2D eigenvalue weighted by Gasteiger charge is -2.24. The zero-order chi connectivity index (χ0) is 16.8. The molecule has 0 saturated carbocycles. The van der Waals surface area contributed by atoms with Crippen LogP contribution in [0.2, 0.25) is 5.02 Å². The molecular weight excluding hydrogens is 330 g/mol. The van der Waals surface area contributed by atoms with Crippen LogP contribution >= 0.6 is 11.6 Å². The number of nitrogens with one attached hydrogen (secondary N) is 1. The second kappa shape index (κ2) is 5.76. The Morgan fingerprint density at radius 2 is 1.71 bits per heavy atom. The third-order valence-corrected chi connectivity index (χ3v) is 5.32. The highest BCUT2D eigenvalue weighted by molar-refractivity contribution is 6.36. The summed E-state index contributed by atoms with van der Waals surface area (Å²) in [5, 5.41) is 14.6. The maximum absolute atomic E-state index is 12.8. The molecule has 2 aromatic carbocycles. The number of ether oxygens (including phenoxy) is 1. The van der Waals surface area contributed by atoms with Crippen LogP contribution in [-0.4, -0.2) is 29.2 Å². The Labute approximate surface area is 143 Å². The van der Waals surface area contributed by atoms with Crippen LogP contribution in [0.25, 0.3) is 10.8 Å². The van der Waals surface area contributed by atoms with Gasteiger partial charge in [-0.05, 0) is 25.0 Å². The van der Waals surface area contributed by atoms with Crippen molar-refractivity contribution in [3.63, 3.8) is 0 Å². The molecule has 0 unspecified atom stereocenters. The van der Waals surface area contributed by atoms with E-state index in [1.54, 1.807) is 12.1 Å². The lowest BCUT2D eigenvalue weighted by molar-refractivity contribution is -0.147. The molecule has 4 rings (SSSR count). The van der Waals surface area contributed by atoms with Crippen LogP contribution in [0, 0.1) is 11.8 Å². The number of carbonyl (C=O) groups excluding carboxylic acids is 1. The first-order valence-corrected chi connectivity index (χ1v) is 8.30. The summed E-state index contributed by atoms with van der Waals surface area (Å²) in [6, 6.07) is 11.0. The van der Waals surface area contributed by atoms with E-state index < -0.39 is 17.8 Å². The Balaban J connectivity index is 1.65. The first kappa shape index (κ1) is 15.4. The summed E-state index contributed by atoms with van der Waals surface area (Å²) in [6.45, 7) is 0. The molecule has 1 amide bonds. The Kier molecular flexibility index (Phi) is 3.70. The molecule has 4 atom stereocenters. The van der Waals surface area contributed by atoms with Crippen molar-refractivity contribution >= 4 is 39.9 Å². The van der Waals surface area contributed by atoms with E-state index in [0.717, 1.165) is 17.2 Å². The molecule has 2 N–H and O–H groups in total. The standard InChI is InChI=1S/C18H16ClNO4/c19-11-5-6-12(10-4-2-1-3-9(10)11)20-17(21)15-13-7-8-14(24-13)16(15)18(22)23/h1-6,13-16H,7-8H2,(H,20,21)(H,22,23)/t13-,14-,15-,16-/m1/s1. The van der Waals surface area contributed by atoms with Gasteiger partial charge in [0.05, 0.1) is 24.0 Å². The molecule has 0 aliphatic carbocycles. The smallest absolute Gasteiger partial charge is 0.310 e. The Bertz CT molecular complexity index is 837. The minimum absolute atomic E-state index is 0.304. The quantitative estimate of drug-likeness (QED) is 0.894. The average Bonchev–Trinajstić information content (AvgIpc) is 3.18. The maximum Gasteiger partial charge on any atom is 0.310 e. The summed E-state index contributed by atoms with van der Waals surface area (Å²) in [4.78, 5) is 24.3. The summed E-state index contributed by atoms with van der Waals surface area (Å²) in [6.07, 6.45) is 0.767. The molecule has 5 nitrogen and oxygen atoms in total. The minimum Gasteiger partial charge on any atom is -0.481 e. The first-order valence-electron chi connectivity index (χ1n) is 7.92. The fraction of sp³-hybridized carbons (Fsp3) is 0.333. The van der Waals surface area contributed by atoms with Crippen LogP contribution in [0.1, 0.15) is 12.8 Å². The number of anilines is 1. The highest BCUT2D eigenvalue weighted by Gasteiger charge is 2.55. The Morgan fingerprint density at radius 1 is 1.04 bits per heavy atom. The van der Waals surface area contributed by atoms with Crippen molar-refractivity contribution in [2.45, 2.75) is 25.0 Å². The second-order valence-electron chi connectivity index (χ2n) is 6.31. The van der Waals surface area contributed by atoms with Gasteiger partial charge in [0.1, 0.15) is 0 Å². The fourth-order valence-electron chi connectivity index (χ4n) is 3.91. The monoisotopic (exact) mass is 345 g/mol. The van der Waals surface area contributed by atoms with Crippen LogP contribution in [0.4, 0.5) is 5.69 Å². The van der Waals surface area contributed by atoms with Gasteiger partial charge < -0.3 is 15.2 Å². The number of carboxylic acids is 1. The summed E-state index contributed by atoms with van der Waals surface area (Å²) in [5.41, 5.74) is 0.631. The molecule has 2 fully saturated rings. The first-order chi connectivity index (χ1) is 11.6. The number of hydrogen-bond donors (Lipinski definition) is 2. The molecule has 124 valence electrons. The Hall–Kier alpha value is -2.11. The van der Waals surface area contributed by atoms with Crippen molar-refractivity contribution in [3.8, 4) is 0 Å². The van der Waals surface area contributed by atoms with Crippen molar-refractivity contribution in [1.29, 1.82) is 0 Å².